The van der Waals surface area contributed by atoms with E-state index in [2.05, 4.69) is 0 Å². The number of esters is 1. The minimum atomic E-state index is -0.478. The van der Waals surface area contributed by atoms with Crippen molar-refractivity contribution in [3.05, 3.63) is 0 Å². The van der Waals surface area contributed by atoms with Gasteiger partial charge in [-0.1, -0.05) is 0 Å². The van der Waals surface area contributed by atoms with E-state index in [-0.39, 0.29) is 29.8 Å². The normalized spacial score (nSPS) is 28.9. The molecule has 0 radical (unpaired) electrons. The van der Waals surface area contributed by atoms with Gasteiger partial charge < -0.3 is 14.4 Å². The highest BCUT2D eigenvalue weighted by Crippen LogP contribution is 2.52. The van der Waals surface area contributed by atoms with E-state index in [4.69, 9.17) is 9.47 Å². The van der Waals surface area contributed by atoms with Crippen LogP contribution in [0.25, 0.3) is 0 Å². The van der Waals surface area contributed by atoms with Crippen molar-refractivity contribution >= 4 is 12.1 Å². The molecule has 2 fully saturated rings. The second kappa shape index (κ2) is 4.64. The number of hydrogen-bond donors (Lipinski definition) is 0. The summed E-state index contributed by atoms with van der Waals surface area (Å²) in [7, 11) is 0. The molecular weight excluding hydrogens is 258 g/mol. The van der Waals surface area contributed by atoms with E-state index >= 15 is 0 Å². The van der Waals surface area contributed by atoms with Crippen LogP contribution in [0.1, 0.15) is 41.5 Å². The maximum atomic E-state index is 12.0. The third-order valence-corrected chi connectivity index (χ3v) is 3.52. The maximum Gasteiger partial charge on any atom is 0.410 e. The molecule has 0 spiro atoms. The first-order valence-corrected chi connectivity index (χ1v) is 7.19. The van der Waals surface area contributed by atoms with E-state index in [1.54, 1.807) is 4.90 Å². The summed E-state index contributed by atoms with van der Waals surface area (Å²) < 4.78 is 10.7. The highest BCUT2D eigenvalue weighted by molar-refractivity contribution is 5.78. The van der Waals surface area contributed by atoms with Crippen LogP contribution >= 0.6 is 0 Å². The van der Waals surface area contributed by atoms with Gasteiger partial charge in [0.1, 0.15) is 11.2 Å². The third kappa shape index (κ3) is 3.44. The fraction of sp³-hybridized carbons (Fsp3) is 0.867. The molecule has 1 aliphatic carbocycles. The van der Waals surface area contributed by atoms with E-state index in [0.717, 1.165) is 0 Å². The lowest BCUT2D eigenvalue weighted by Crippen LogP contribution is -2.38. The number of ether oxygens (including phenoxy) is 2. The molecule has 1 saturated heterocycles. The predicted molar refractivity (Wildman–Crippen MR) is 74.1 cm³/mol. The Labute approximate surface area is 120 Å². The number of rotatable bonds is 1. The molecule has 2 atom stereocenters. The van der Waals surface area contributed by atoms with Gasteiger partial charge >= 0.3 is 12.1 Å². The van der Waals surface area contributed by atoms with Crippen LogP contribution in [0.5, 0.6) is 0 Å². The number of fused-ring (bicyclic) bond motifs is 1. The number of carbonyl (C=O) groups excluding carboxylic acids is 2. The monoisotopic (exact) mass is 283 g/mol. The molecule has 0 N–H and O–H groups in total. The van der Waals surface area contributed by atoms with Gasteiger partial charge in [-0.25, -0.2) is 4.79 Å². The van der Waals surface area contributed by atoms with Crippen molar-refractivity contribution < 1.29 is 19.1 Å². The van der Waals surface area contributed by atoms with Crippen molar-refractivity contribution in [1.29, 1.82) is 0 Å². The zero-order valence-corrected chi connectivity index (χ0v) is 13.2. The Morgan fingerprint density at radius 1 is 0.900 bits per heavy atom. The summed E-state index contributed by atoms with van der Waals surface area (Å²) >= 11 is 0. The Bertz CT molecular complexity index is 381. The summed E-state index contributed by atoms with van der Waals surface area (Å²) in [5, 5.41) is 0. The molecule has 20 heavy (non-hydrogen) atoms. The predicted octanol–water partition coefficient (Wildman–Crippen LogP) is 2.44. The van der Waals surface area contributed by atoms with Crippen LogP contribution in [0, 0.1) is 17.8 Å². The summed E-state index contributed by atoms with van der Waals surface area (Å²) in [5.41, 5.74) is -0.923. The van der Waals surface area contributed by atoms with Gasteiger partial charge in [-0.2, -0.15) is 0 Å². The minimum absolute atomic E-state index is 0.0343. The van der Waals surface area contributed by atoms with E-state index in [1.165, 1.54) is 0 Å². The molecule has 114 valence electrons. The Hall–Kier alpha value is -1.26. The number of hydrogen-bond acceptors (Lipinski definition) is 4. The van der Waals surface area contributed by atoms with Crippen molar-refractivity contribution in [3.63, 3.8) is 0 Å². The van der Waals surface area contributed by atoms with Gasteiger partial charge in [0, 0.05) is 13.1 Å². The van der Waals surface area contributed by atoms with Crippen LogP contribution in [0.4, 0.5) is 4.79 Å². The average molecular weight is 283 g/mol. The lowest BCUT2D eigenvalue weighted by atomic mass is 10.2. The first-order chi connectivity index (χ1) is 8.98. The van der Waals surface area contributed by atoms with Gasteiger partial charge in [0.2, 0.25) is 0 Å². The summed E-state index contributed by atoms with van der Waals surface area (Å²) in [6.45, 7) is 12.4. The summed E-state index contributed by atoms with van der Waals surface area (Å²) in [5.74, 6) is 0.332. The Morgan fingerprint density at radius 2 is 1.35 bits per heavy atom. The topological polar surface area (TPSA) is 55.8 Å². The van der Waals surface area contributed by atoms with Crippen LogP contribution in [-0.4, -0.2) is 41.3 Å². The van der Waals surface area contributed by atoms with Crippen LogP contribution < -0.4 is 0 Å². The van der Waals surface area contributed by atoms with Gasteiger partial charge in [-0.3, -0.25) is 4.79 Å². The zero-order valence-electron chi connectivity index (χ0n) is 13.2. The molecule has 0 aromatic heterocycles. The highest BCUT2D eigenvalue weighted by atomic mass is 16.6. The Kier molecular flexibility index (Phi) is 3.51. The molecule has 1 amide bonds. The van der Waals surface area contributed by atoms with E-state index in [9.17, 15) is 9.59 Å². The fourth-order valence-corrected chi connectivity index (χ4v) is 2.72. The van der Waals surface area contributed by atoms with Gasteiger partial charge in [0.25, 0.3) is 0 Å². The van der Waals surface area contributed by atoms with E-state index in [0.29, 0.717) is 13.1 Å². The second-order valence-corrected chi connectivity index (χ2v) is 7.77. The highest BCUT2D eigenvalue weighted by Gasteiger charge is 2.61. The molecule has 2 unspecified atom stereocenters. The van der Waals surface area contributed by atoms with Gasteiger partial charge in [0.15, 0.2) is 0 Å². The molecule has 0 bridgehead atoms. The van der Waals surface area contributed by atoms with Crippen molar-refractivity contribution in [3.8, 4) is 0 Å². The quantitative estimate of drug-likeness (QED) is 0.694. The molecule has 5 heteroatoms. The minimum Gasteiger partial charge on any atom is -0.460 e. The fourth-order valence-electron chi connectivity index (χ4n) is 2.72. The van der Waals surface area contributed by atoms with Crippen molar-refractivity contribution in [2.75, 3.05) is 13.1 Å². The van der Waals surface area contributed by atoms with Crippen LogP contribution in [0.2, 0.25) is 0 Å². The number of amides is 1. The number of nitrogens with zero attached hydrogens (tertiary/aromatic N) is 1. The number of piperidine rings is 1. The Morgan fingerprint density at radius 3 is 1.75 bits per heavy atom. The zero-order chi connectivity index (χ0) is 15.3. The summed E-state index contributed by atoms with van der Waals surface area (Å²) in [6.07, 6.45) is -0.285. The molecule has 0 aromatic rings. The molecule has 1 saturated carbocycles. The first-order valence-electron chi connectivity index (χ1n) is 7.19. The summed E-state index contributed by atoms with van der Waals surface area (Å²) in [4.78, 5) is 25.6. The van der Waals surface area contributed by atoms with Gasteiger partial charge in [-0.15, -0.1) is 0 Å². The SMILES string of the molecule is CC(C)(C)OC(=O)C1C2CN(C(=O)OC(C)(C)C)CC21. The first kappa shape index (κ1) is 15.1. The van der Waals surface area contributed by atoms with Crippen molar-refractivity contribution in [2.45, 2.75) is 52.7 Å². The van der Waals surface area contributed by atoms with E-state index < -0.39 is 11.2 Å². The molecule has 5 nitrogen and oxygen atoms in total. The molecule has 1 aliphatic heterocycles. The molecular formula is C15H25NO4. The molecule has 2 aliphatic rings. The number of likely N-dealkylation sites (tertiary alicyclic amines) is 1. The second-order valence-electron chi connectivity index (χ2n) is 7.77. The van der Waals surface area contributed by atoms with Crippen molar-refractivity contribution in [1.82, 2.24) is 4.90 Å². The molecule has 1 heterocycles. The summed E-state index contributed by atoms with van der Waals surface area (Å²) in [6, 6.07) is 0. The smallest absolute Gasteiger partial charge is 0.410 e. The Balaban J connectivity index is 1.82. The standard InChI is InChI=1S/C15H25NO4/c1-14(2,3)19-12(17)11-9-7-16(8-10(9)11)13(18)20-15(4,5)6/h9-11H,7-8H2,1-6H3. The molecule has 2 rings (SSSR count). The lowest BCUT2D eigenvalue weighted by molar-refractivity contribution is -0.157. The van der Waals surface area contributed by atoms with Gasteiger partial charge in [-0.05, 0) is 53.4 Å². The van der Waals surface area contributed by atoms with Crippen LogP contribution in [0.15, 0.2) is 0 Å². The average Bonchev–Trinajstić information content (AvgIpc) is 2.69. The third-order valence-electron chi connectivity index (χ3n) is 3.52. The van der Waals surface area contributed by atoms with E-state index in [1.807, 2.05) is 41.5 Å². The molecule has 0 aromatic carbocycles. The maximum absolute atomic E-state index is 12.0. The van der Waals surface area contributed by atoms with Gasteiger partial charge in [0.05, 0.1) is 5.92 Å². The van der Waals surface area contributed by atoms with Crippen LogP contribution in [0.3, 0.4) is 0 Å². The van der Waals surface area contributed by atoms with Crippen LogP contribution in [-0.2, 0) is 14.3 Å². The number of carbonyl (C=O) groups is 2. The largest absolute Gasteiger partial charge is 0.460 e. The van der Waals surface area contributed by atoms with Crippen molar-refractivity contribution in [2.24, 2.45) is 17.8 Å². The lowest BCUT2D eigenvalue weighted by Gasteiger charge is -2.26.